The van der Waals surface area contributed by atoms with Gasteiger partial charge >= 0.3 is 12.0 Å². The molecule has 1 N–H and O–H groups in total. The number of nitrogens with zero attached hydrogens (tertiary/aromatic N) is 2. The average Bonchev–Trinajstić information content (AvgIpc) is 2.33. The fourth-order valence-corrected chi connectivity index (χ4v) is 2.40. The number of rotatable bonds is 4. The van der Waals surface area contributed by atoms with E-state index in [0.29, 0.717) is 0 Å². The first-order chi connectivity index (χ1) is 9.06. The van der Waals surface area contributed by atoms with Gasteiger partial charge in [0.15, 0.2) is 0 Å². The van der Waals surface area contributed by atoms with Crippen LogP contribution >= 0.6 is 0 Å². The van der Waals surface area contributed by atoms with E-state index in [-0.39, 0.29) is 18.6 Å². The maximum absolute atomic E-state index is 12.5. The van der Waals surface area contributed by atoms with Gasteiger partial charge in [0, 0.05) is 19.1 Å². The molecular formula is C14H26N2O3. The van der Waals surface area contributed by atoms with E-state index in [1.54, 1.807) is 0 Å². The highest BCUT2D eigenvalue weighted by atomic mass is 16.4. The third kappa shape index (κ3) is 5.09. The first kappa shape index (κ1) is 15.8. The summed E-state index contributed by atoms with van der Waals surface area (Å²) >= 11 is 0. The number of carboxylic acids is 1. The number of likely N-dealkylation sites (tertiary alicyclic amines) is 1. The Kier molecular flexibility index (Phi) is 6.67. The van der Waals surface area contributed by atoms with Crippen molar-refractivity contribution >= 4 is 12.0 Å². The summed E-state index contributed by atoms with van der Waals surface area (Å²) in [6.07, 6.45) is 6.37. The van der Waals surface area contributed by atoms with E-state index in [0.717, 1.165) is 45.2 Å². The van der Waals surface area contributed by atoms with Crippen LogP contribution in [0.5, 0.6) is 0 Å². The van der Waals surface area contributed by atoms with Crippen LogP contribution in [0.15, 0.2) is 0 Å². The van der Waals surface area contributed by atoms with Crippen LogP contribution in [0.4, 0.5) is 4.79 Å². The van der Waals surface area contributed by atoms with Crippen LogP contribution in [0.3, 0.4) is 0 Å². The van der Waals surface area contributed by atoms with E-state index in [1.165, 1.54) is 11.3 Å². The summed E-state index contributed by atoms with van der Waals surface area (Å²) in [6.45, 7) is 5.19. The molecule has 0 bridgehead atoms. The zero-order valence-corrected chi connectivity index (χ0v) is 12.1. The summed E-state index contributed by atoms with van der Waals surface area (Å²) in [5, 5.41) is 8.96. The lowest BCUT2D eigenvalue weighted by Gasteiger charge is -2.34. The fraction of sp³-hybridized carbons (Fsp3) is 0.857. The monoisotopic (exact) mass is 270 g/mol. The molecule has 1 aliphatic rings. The Balaban J connectivity index is 2.69. The Labute approximate surface area is 115 Å². The molecule has 1 aliphatic heterocycles. The van der Waals surface area contributed by atoms with Crippen molar-refractivity contribution in [3.8, 4) is 0 Å². The third-order valence-corrected chi connectivity index (χ3v) is 3.80. The van der Waals surface area contributed by atoms with Crippen molar-refractivity contribution in [1.29, 1.82) is 0 Å². The largest absolute Gasteiger partial charge is 0.480 e. The number of aliphatic carboxylic acids is 1. The van der Waals surface area contributed by atoms with E-state index in [2.05, 4.69) is 0 Å². The van der Waals surface area contributed by atoms with Crippen LogP contribution in [-0.2, 0) is 4.79 Å². The van der Waals surface area contributed by atoms with Crippen molar-refractivity contribution in [2.75, 3.05) is 19.6 Å². The molecule has 0 spiro atoms. The molecule has 0 saturated carbocycles. The normalized spacial score (nSPS) is 18.3. The first-order valence-corrected chi connectivity index (χ1v) is 7.33. The molecule has 0 aromatic heterocycles. The van der Waals surface area contributed by atoms with Gasteiger partial charge in [-0.3, -0.25) is 4.79 Å². The van der Waals surface area contributed by atoms with Crippen LogP contribution in [0.1, 0.15) is 52.4 Å². The zero-order chi connectivity index (χ0) is 14.3. The Hall–Kier alpha value is -1.26. The summed E-state index contributed by atoms with van der Waals surface area (Å²) in [6, 6.07) is -0.146. The molecule has 1 unspecified atom stereocenters. The van der Waals surface area contributed by atoms with Gasteiger partial charge in [-0.2, -0.15) is 0 Å². The summed E-state index contributed by atoms with van der Waals surface area (Å²) in [5.41, 5.74) is 0. The Morgan fingerprint density at radius 3 is 2.16 bits per heavy atom. The summed E-state index contributed by atoms with van der Waals surface area (Å²) in [5.74, 6) is -0.944. The highest BCUT2D eigenvalue weighted by molar-refractivity contribution is 5.80. The number of carboxylic acid groups (broad SMARTS) is 1. The molecule has 2 amide bonds. The Bertz CT molecular complexity index is 299. The number of carbonyl (C=O) groups excluding carboxylic acids is 1. The van der Waals surface area contributed by atoms with Crippen molar-refractivity contribution in [2.24, 2.45) is 0 Å². The predicted molar refractivity (Wildman–Crippen MR) is 74.1 cm³/mol. The SMILES string of the molecule is CCC(C)N(CC(=O)O)C(=O)N1CCCCCCC1. The minimum absolute atomic E-state index is 0.0333. The van der Waals surface area contributed by atoms with Gasteiger partial charge in [-0.1, -0.05) is 26.2 Å². The molecule has 0 aromatic carbocycles. The lowest BCUT2D eigenvalue weighted by molar-refractivity contribution is -0.138. The maximum Gasteiger partial charge on any atom is 0.323 e. The number of hydrogen-bond donors (Lipinski definition) is 1. The standard InChI is InChI=1S/C14H26N2O3/c1-3-12(2)16(11-13(17)18)14(19)15-9-7-5-4-6-8-10-15/h12H,3-11H2,1-2H3,(H,17,18). The second-order valence-electron chi connectivity index (χ2n) is 5.32. The number of hydrogen-bond acceptors (Lipinski definition) is 2. The van der Waals surface area contributed by atoms with Crippen molar-refractivity contribution in [3.63, 3.8) is 0 Å². The summed E-state index contributed by atoms with van der Waals surface area (Å²) < 4.78 is 0. The molecule has 1 rings (SSSR count). The summed E-state index contributed by atoms with van der Waals surface area (Å²) in [7, 11) is 0. The minimum Gasteiger partial charge on any atom is -0.480 e. The highest BCUT2D eigenvalue weighted by Gasteiger charge is 2.26. The van der Waals surface area contributed by atoms with Crippen molar-refractivity contribution < 1.29 is 14.7 Å². The first-order valence-electron chi connectivity index (χ1n) is 7.33. The van der Waals surface area contributed by atoms with Gasteiger partial charge in [-0.25, -0.2) is 4.79 Å². The molecular weight excluding hydrogens is 244 g/mol. The minimum atomic E-state index is -0.944. The lowest BCUT2D eigenvalue weighted by Crippen LogP contribution is -2.50. The quantitative estimate of drug-likeness (QED) is 0.854. The highest BCUT2D eigenvalue weighted by Crippen LogP contribution is 2.14. The Morgan fingerprint density at radius 2 is 1.68 bits per heavy atom. The fourth-order valence-electron chi connectivity index (χ4n) is 2.40. The maximum atomic E-state index is 12.5. The zero-order valence-electron chi connectivity index (χ0n) is 12.1. The Morgan fingerprint density at radius 1 is 1.16 bits per heavy atom. The van der Waals surface area contributed by atoms with E-state index in [1.807, 2.05) is 18.7 Å². The van der Waals surface area contributed by atoms with Crippen molar-refractivity contribution in [1.82, 2.24) is 9.80 Å². The predicted octanol–water partition coefficient (Wildman–Crippen LogP) is 2.56. The average molecular weight is 270 g/mol. The molecule has 1 saturated heterocycles. The van der Waals surface area contributed by atoms with Gasteiger partial charge in [-0.15, -0.1) is 0 Å². The van der Waals surface area contributed by atoms with Crippen LogP contribution in [0.2, 0.25) is 0 Å². The molecule has 0 aliphatic carbocycles. The molecule has 19 heavy (non-hydrogen) atoms. The van der Waals surface area contributed by atoms with E-state index >= 15 is 0 Å². The van der Waals surface area contributed by atoms with E-state index < -0.39 is 5.97 Å². The molecule has 1 atom stereocenters. The van der Waals surface area contributed by atoms with Crippen molar-refractivity contribution in [3.05, 3.63) is 0 Å². The van der Waals surface area contributed by atoms with E-state index in [4.69, 9.17) is 5.11 Å². The number of urea groups is 1. The van der Waals surface area contributed by atoms with Gasteiger partial charge in [0.05, 0.1) is 0 Å². The second-order valence-corrected chi connectivity index (χ2v) is 5.32. The van der Waals surface area contributed by atoms with E-state index in [9.17, 15) is 9.59 Å². The van der Waals surface area contributed by atoms with Gasteiger partial charge in [0.25, 0.3) is 0 Å². The molecule has 0 aromatic rings. The number of amides is 2. The molecule has 5 heteroatoms. The van der Waals surface area contributed by atoms with Crippen LogP contribution < -0.4 is 0 Å². The smallest absolute Gasteiger partial charge is 0.323 e. The lowest BCUT2D eigenvalue weighted by atomic mass is 10.1. The molecule has 5 nitrogen and oxygen atoms in total. The number of carbonyl (C=O) groups is 2. The van der Waals surface area contributed by atoms with Gasteiger partial charge in [-0.05, 0) is 26.2 Å². The van der Waals surface area contributed by atoms with Gasteiger partial charge in [0.2, 0.25) is 0 Å². The van der Waals surface area contributed by atoms with Gasteiger partial charge in [0.1, 0.15) is 6.54 Å². The third-order valence-electron chi connectivity index (χ3n) is 3.80. The summed E-state index contributed by atoms with van der Waals surface area (Å²) in [4.78, 5) is 26.7. The molecule has 1 fully saturated rings. The van der Waals surface area contributed by atoms with Crippen LogP contribution in [0.25, 0.3) is 0 Å². The topological polar surface area (TPSA) is 60.9 Å². The molecule has 1 heterocycles. The van der Waals surface area contributed by atoms with Crippen LogP contribution in [0, 0.1) is 0 Å². The second kappa shape index (κ2) is 8.02. The van der Waals surface area contributed by atoms with Crippen LogP contribution in [-0.4, -0.2) is 52.6 Å². The van der Waals surface area contributed by atoms with Crippen molar-refractivity contribution in [2.45, 2.75) is 58.4 Å². The molecule has 110 valence electrons. The van der Waals surface area contributed by atoms with Gasteiger partial charge < -0.3 is 14.9 Å². The molecule has 0 radical (unpaired) electrons.